The second kappa shape index (κ2) is 4.91. The maximum Gasteiger partial charge on any atom is 0.110 e. The Morgan fingerprint density at radius 1 is 1.21 bits per heavy atom. The fourth-order valence-corrected chi connectivity index (χ4v) is 2.97. The Labute approximate surface area is 113 Å². The van der Waals surface area contributed by atoms with Gasteiger partial charge in [0.05, 0.1) is 5.69 Å². The van der Waals surface area contributed by atoms with Crippen LogP contribution in [0.4, 0.5) is 0 Å². The van der Waals surface area contributed by atoms with Crippen molar-refractivity contribution in [2.75, 3.05) is 19.6 Å². The highest BCUT2D eigenvalue weighted by molar-refractivity contribution is 5.85. The van der Waals surface area contributed by atoms with Crippen molar-refractivity contribution in [2.24, 2.45) is 0 Å². The molecule has 3 heteroatoms. The molecule has 2 aromatic rings. The third-order valence-corrected chi connectivity index (χ3v) is 4.24. The van der Waals surface area contributed by atoms with Gasteiger partial charge in [0.1, 0.15) is 5.60 Å². The van der Waals surface area contributed by atoms with Crippen LogP contribution in [0.15, 0.2) is 36.5 Å². The highest BCUT2D eigenvalue weighted by Gasteiger charge is 2.35. The molecular formula is C16H20N2O. The molecule has 2 heterocycles. The second-order valence-corrected chi connectivity index (χ2v) is 5.35. The standard InChI is InChI=1S/C16H20N2O/c1-2-18-11-8-16(19,9-12-18)15-14-6-4-3-5-13(14)7-10-17-15/h3-7,10,19H,2,8-9,11-12H2,1H3. The van der Waals surface area contributed by atoms with E-state index in [2.05, 4.69) is 28.9 Å². The molecule has 0 amide bonds. The summed E-state index contributed by atoms with van der Waals surface area (Å²) < 4.78 is 0. The van der Waals surface area contributed by atoms with Crippen molar-refractivity contribution in [2.45, 2.75) is 25.4 Å². The van der Waals surface area contributed by atoms with Crippen LogP contribution in [0.1, 0.15) is 25.5 Å². The summed E-state index contributed by atoms with van der Waals surface area (Å²) in [7, 11) is 0. The molecule has 19 heavy (non-hydrogen) atoms. The fraction of sp³-hybridized carbons (Fsp3) is 0.438. The lowest BCUT2D eigenvalue weighted by Gasteiger charge is -2.37. The van der Waals surface area contributed by atoms with Crippen LogP contribution in [-0.4, -0.2) is 34.6 Å². The number of nitrogens with zero attached hydrogens (tertiary/aromatic N) is 2. The summed E-state index contributed by atoms with van der Waals surface area (Å²) in [6.07, 6.45) is 3.34. The van der Waals surface area contributed by atoms with Gasteiger partial charge in [-0.15, -0.1) is 0 Å². The van der Waals surface area contributed by atoms with Crippen LogP contribution in [0.2, 0.25) is 0 Å². The number of aliphatic hydroxyl groups is 1. The third-order valence-electron chi connectivity index (χ3n) is 4.24. The predicted octanol–water partition coefficient (Wildman–Crippen LogP) is 2.54. The average molecular weight is 256 g/mol. The maximum absolute atomic E-state index is 11.0. The zero-order valence-corrected chi connectivity index (χ0v) is 11.3. The van der Waals surface area contributed by atoms with Gasteiger partial charge in [-0.25, -0.2) is 0 Å². The molecule has 0 bridgehead atoms. The molecular weight excluding hydrogens is 236 g/mol. The van der Waals surface area contributed by atoms with Gasteiger partial charge in [0, 0.05) is 24.7 Å². The smallest absolute Gasteiger partial charge is 0.110 e. The Morgan fingerprint density at radius 2 is 1.95 bits per heavy atom. The lowest BCUT2D eigenvalue weighted by molar-refractivity contribution is -0.0268. The highest BCUT2D eigenvalue weighted by atomic mass is 16.3. The van der Waals surface area contributed by atoms with Gasteiger partial charge in [-0.05, 0) is 30.8 Å². The summed E-state index contributed by atoms with van der Waals surface area (Å²) in [6, 6.07) is 10.2. The molecule has 0 saturated carbocycles. The van der Waals surface area contributed by atoms with Crippen LogP contribution < -0.4 is 0 Å². The number of likely N-dealkylation sites (tertiary alicyclic amines) is 1. The molecule has 1 fully saturated rings. The number of hydrogen-bond donors (Lipinski definition) is 1. The zero-order valence-electron chi connectivity index (χ0n) is 11.3. The number of benzene rings is 1. The van der Waals surface area contributed by atoms with Gasteiger partial charge in [0.15, 0.2) is 0 Å². The topological polar surface area (TPSA) is 36.4 Å². The molecule has 1 aromatic heterocycles. The Hall–Kier alpha value is -1.45. The number of rotatable bonds is 2. The van der Waals surface area contributed by atoms with Gasteiger partial charge in [0.25, 0.3) is 0 Å². The van der Waals surface area contributed by atoms with Crippen LogP contribution in [0.25, 0.3) is 10.8 Å². The Kier molecular flexibility index (Phi) is 3.25. The van der Waals surface area contributed by atoms with Crippen molar-refractivity contribution in [1.82, 2.24) is 9.88 Å². The Bertz CT molecular complexity index is 568. The van der Waals surface area contributed by atoms with Gasteiger partial charge in [-0.2, -0.15) is 0 Å². The first-order chi connectivity index (χ1) is 9.23. The molecule has 100 valence electrons. The van der Waals surface area contributed by atoms with E-state index in [9.17, 15) is 5.11 Å². The molecule has 1 saturated heterocycles. The molecule has 0 atom stereocenters. The van der Waals surface area contributed by atoms with E-state index in [1.165, 1.54) is 0 Å². The van der Waals surface area contributed by atoms with E-state index in [0.29, 0.717) is 0 Å². The van der Waals surface area contributed by atoms with Gasteiger partial charge >= 0.3 is 0 Å². The van der Waals surface area contributed by atoms with E-state index in [-0.39, 0.29) is 0 Å². The molecule has 1 aliphatic rings. The fourth-order valence-electron chi connectivity index (χ4n) is 2.97. The predicted molar refractivity (Wildman–Crippen MR) is 77.0 cm³/mol. The zero-order chi connectivity index (χ0) is 13.3. The van der Waals surface area contributed by atoms with Crippen molar-refractivity contribution in [3.05, 3.63) is 42.2 Å². The van der Waals surface area contributed by atoms with E-state index in [1.807, 2.05) is 24.4 Å². The van der Waals surface area contributed by atoms with Crippen molar-refractivity contribution >= 4 is 10.8 Å². The largest absolute Gasteiger partial charge is 0.383 e. The molecule has 1 N–H and O–H groups in total. The van der Waals surface area contributed by atoms with Gasteiger partial charge < -0.3 is 10.0 Å². The molecule has 3 rings (SSSR count). The SMILES string of the molecule is CCN1CCC(O)(c2nccc3ccccc23)CC1. The average Bonchev–Trinajstić information content (AvgIpc) is 2.47. The minimum atomic E-state index is -0.771. The number of fused-ring (bicyclic) bond motifs is 1. The van der Waals surface area contributed by atoms with Gasteiger partial charge in [0.2, 0.25) is 0 Å². The molecule has 0 spiro atoms. The number of hydrogen-bond acceptors (Lipinski definition) is 3. The van der Waals surface area contributed by atoms with Crippen LogP contribution >= 0.6 is 0 Å². The minimum absolute atomic E-state index is 0.766. The summed E-state index contributed by atoms with van der Waals surface area (Å²) in [5.41, 5.74) is 0.0772. The number of aromatic nitrogens is 1. The summed E-state index contributed by atoms with van der Waals surface area (Å²) in [5.74, 6) is 0. The van der Waals surface area contributed by atoms with E-state index < -0.39 is 5.60 Å². The molecule has 1 aromatic carbocycles. The van der Waals surface area contributed by atoms with Crippen LogP contribution in [0.3, 0.4) is 0 Å². The van der Waals surface area contributed by atoms with E-state index in [0.717, 1.165) is 48.9 Å². The highest BCUT2D eigenvalue weighted by Crippen LogP contribution is 2.35. The van der Waals surface area contributed by atoms with E-state index >= 15 is 0 Å². The molecule has 0 unspecified atom stereocenters. The lowest BCUT2D eigenvalue weighted by Crippen LogP contribution is -2.42. The summed E-state index contributed by atoms with van der Waals surface area (Å²) >= 11 is 0. The number of piperidine rings is 1. The van der Waals surface area contributed by atoms with Crippen molar-refractivity contribution in [3.8, 4) is 0 Å². The molecule has 1 aliphatic heterocycles. The quantitative estimate of drug-likeness (QED) is 0.897. The summed E-state index contributed by atoms with van der Waals surface area (Å²) in [4.78, 5) is 6.86. The third kappa shape index (κ3) is 2.24. The first kappa shape index (κ1) is 12.6. The maximum atomic E-state index is 11.0. The normalized spacial score (nSPS) is 19.7. The van der Waals surface area contributed by atoms with Crippen LogP contribution in [0, 0.1) is 0 Å². The van der Waals surface area contributed by atoms with Crippen molar-refractivity contribution in [1.29, 1.82) is 0 Å². The Morgan fingerprint density at radius 3 is 2.68 bits per heavy atom. The van der Waals surface area contributed by atoms with E-state index in [4.69, 9.17) is 0 Å². The molecule has 0 aliphatic carbocycles. The molecule has 3 nitrogen and oxygen atoms in total. The second-order valence-electron chi connectivity index (χ2n) is 5.35. The number of pyridine rings is 1. The first-order valence-electron chi connectivity index (χ1n) is 7.02. The molecule has 0 radical (unpaired) electrons. The van der Waals surface area contributed by atoms with Crippen LogP contribution in [0.5, 0.6) is 0 Å². The van der Waals surface area contributed by atoms with Crippen molar-refractivity contribution in [3.63, 3.8) is 0 Å². The monoisotopic (exact) mass is 256 g/mol. The summed E-state index contributed by atoms with van der Waals surface area (Å²) in [6.45, 7) is 5.11. The Balaban J connectivity index is 2.00. The summed E-state index contributed by atoms with van der Waals surface area (Å²) in [5, 5.41) is 13.2. The van der Waals surface area contributed by atoms with Gasteiger partial charge in [-0.3, -0.25) is 4.98 Å². The van der Waals surface area contributed by atoms with Crippen LogP contribution in [-0.2, 0) is 5.60 Å². The lowest BCUT2D eigenvalue weighted by atomic mass is 9.85. The minimum Gasteiger partial charge on any atom is -0.383 e. The van der Waals surface area contributed by atoms with Gasteiger partial charge in [-0.1, -0.05) is 31.2 Å². The van der Waals surface area contributed by atoms with Crippen molar-refractivity contribution < 1.29 is 5.11 Å². The van der Waals surface area contributed by atoms with E-state index in [1.54, 1.807) is 0 Å². The first-order valence-corrected chi connectivity index (χ1v) is 7.02.